The number of aliphatic hydroxyl groups excluding tert-OH is 1. The minimum atomic E-state index is -0.0790. The van der Waals surface area contributed by atoms with Gasteiger partial charge in [0, 0.05) is 5.56 Å². The second-order valence-corrected chi connectivity index (χ2v) is 7.68. The number of rotatable bonds is 6. The molecule has 6 heteroatoms. The molecule has 0 amide bonds. The maximum absolute atomic E-state index is 9.55. The molecule has 0 saturated carbocycles. The molecule has 158 valence electrons. The van der Waals surface area contributed by atoms with Gasteiger partial charge >= 0.3 is 0 Å². The molecule has 3 aromatic carbocycles. The van der Waals surface area contributed by atoms with Crippen molar-refractivity contribution in [3.05, 3.63) is 119 Å². The van der Waals surface area contributed by atoms with Crippen LogP contribution in [0.5, 0.6) is 5.75 Å². The molecular formula is C26H23N4O2+. The van der Waals surface area contributed by atoms with E-state index in [1.54, 1.807) is 12.4 Å². The summed E-state index contributed by atoms with van der Waals surface area (Å²) in [5.41, 5.74) is 5.17. The van der Waals surface area contributed by atoms with Crippen LogP contribution in [0.2, 0.25) is 0 Å². The fraction of sp³-hybridized carbons (Fsp3) is 0.0769. The van der Waals surface area contributed by atoms with Crippen molar-refractivity contribution in [3.8, 4) is 5.75 Å². The van der Waals surface area contributed by atoms with Gasteiger partial charge in [-0.05, 0) is 35.4 Å². The number of aliphatic imine (C=N–C) groups is 2. The van der Waals surface area contributed by atoms with Crippen LogP contribution >= 0.6 is 0 Å². The molecule has 0 aromatic heterocycles. The third-order valence-electron chi connectivity index (χ3n) is 5.52. The second-order valence-electron chi connectivity index (χ2n) is 7.68. The van der Waals surface area contributed by atoms with Crippen molar-refractivity contribution in [1.82, 2.24) is 0 Å². The number of benzene rings is 3. The molecule has 1 atom stereocenters. The number of ether oxygens (including phenoxy) is 1. The Labute approximate surface area is 186 Å². The Bertz CT molecular complexity index is 1280. The van der Waals surface area contributed by atoms with Gasteiger partial charge in [-0.3, -0.25) is 4.99 Å². The zero-order valence-electron chi connectivity index (χ0n) is 17.4. The first-order chi connectivity index (χ1) is 15.7. The number of hydrogen-bond donors (Lipinski definition) is 2. The van der Waals surface area contributed by atoms with Gasteiger partial charge in [-0.25, -0.2) is 0 Å². The summed E-state index contributed by atoms with van der Waals surface area (Å²) in [4.78, 5) is 9.23. The Morgan fingerprint density at radius 1 is 0.875 bits per heavy atom. The lowest BCUT2D eigenvalue weighted by molar-refractivity contribution is -0.749. The van der Waals surface area contributed by atoms with Gasteiger partial charge in [-0.1, -0.05) is 54.6 Å². The predicted molar refractivity (Wildman–Crippen MR) is 125 cm³/mol. The van der Waals surface area contributed by atoms with Crippen LogP contribution in [0.1, 0.15) is 22.3 Å². The minimum Gasteiger partial charge on any atom is -0.489 e. The molecule has 2 heterocycles. The fourth-order valence-electron chi connectivity index (χ4n) is 3.87. The summed E-state index contributed by atoms with van der Waals surface area (Å²) < 4.78 is 5.94. The molecule has 32 heavy (non-hydrogen) atoms. The summed E-state index contributed by atoms with van der Waals surface area (Å²) in [7, 11) is 0. The van der Waals surface area contributed by atoms with Gasteiger partial charge in [0.1, 0.15) is 24.3 Å². The van der Waals surface area contributed by atoms with Gasteiger partial charge in [0.15, 0.2) is 0 Å². The van der Waals surface area contributed by atoms with Gasteiger partial charge in [0.05, 0.1) is 24.6 Å². The summed E-state index contributed by atoms with van der Waals surface area (Å²) in [5.74, 6) is 8.26. The van der Waals surface area contributed by atoms with E-state index in [2.05, 4.69) is 4.99 Å². The normalized spacial score (nSPS) is 19.1. The number of nitrogens with zero attached hydrogens (tertiary/aromatic N) is 3. The first kappa shape index (κ1) is 20.1. The van der Waals surface area contributed by atoms with Crippen molar-refractivity contribution < 1.29 is 14.4 Å². The van der Waals surface area contributed by atoms with E-state index in [0.29, 0.717) is 12.4 Å². The molecule has 3 aromatic rings. The van der Waals surface area contributed by atoms with Crippen LogP contribution in [0.4, 0.5) is 0 Å². The van der Waals surface area contributed by atoms with E-state index < -0.39 is 0 Å². The van der Waals surface area contributed by atoms with E-state index in [9.17, 15) is 5.11 Å². The number of allylic oxidation sites excluding steroid dienone is 1. The Morgan fingerprint density at radius 2 is 1.66 bits per heavy atom. The van der Waals surface area contributed by atoms with E-state index in [1.165, 1.54) is 0 Å². The summed E-state index contributed by atoms with van der Waals surface area (Å²) in [5, 5.41) is 9.55. The lowest BCUT2D eigenvalue weighted by Crippen LogP contribution is -2.53. The number of amidine groups is 1. The number of fused-ring (bicyclic) bond motifs is 1. The number of nitrogens with two attached hydrogens (primary N) is 1. The monoisotopic (exact) mass is 423 g/mol. The first-order valence-electron chi connectivity index (χ1n) is 10.4. The Morgan fingerprint density at radius 3 is 2.50 bits per heavy atom. The van der Waals surface area contributed by atoms with Gasteiger partial charge < -0.3 is 9.84 Å². The zero-order chi connectivity index (χ0) is 22.0. The fourth-order valence-corrected chi connectivity index (χ4v) is 3.87. The molecule has 1 unspecified atom stereocenters. The van der Waals surface area contributed by atoms with Crippen LogP contribution in [0.25, 0.3) is 5.70 Å². The van der Waals surface area contributed by atoms with Crippen LogP contribution in [0.15, 0.2) is 107 Å². The van der Waals surface area contributed by atoms with Crippen molar-refractivity contribution in [3.63, 3.8) is 0 Å². The lowest BCUT2D eigenvalue weighted by Gasteiger charge is -2.26. The average Bonchev–Trinajstić information content (AvgIpc) is 3.16. The summed E-state index contributed by atoms with van der Waals surface area (Å²) in [6.07, 6.45) is 5.24. The number of quaternary nitrogens is 1. The topological polar surface area (TPSA) is 80.2 Å². The Kier molecular flexibility index (Phi) is 5.25. The number of hydrogen-bond acceptors (Lipinski definition) is 5. The van der Waals surface area contributed by atoms with Crippen molar-refractivity contribution in [2.45, 2.75) is 13.2 Å². The highest BCUT2D eigenvalue weighted by Gasteiger charge is 2.44. The standard InChI is InChI=1S/C26H23N4O2/c27-30-13-12-28-16-24(30)25(21-9-4-8-20(14-21)17-31)29-26(30)22-10-5-11-23(15-22)32-18-19-6-2-1-3-7-19/h1-16,31H,17-18,27H2/q+1. The zero-order valence-corrected chi connectivity index (χ0v) is 17.4. The first-order valence-corrected chi connectivity index (χ1v) is 10.4. The van der Waals surface area contributed by atoms with E-state index >= 15 is 0 Å². The van der Waals surface area contributed by atoms with Crippen molar-refractivity contribution in [2.24, 2.45) is 15.8 Å². The molecule has 6 nitrogen and oxygen atoms in total. The average molecular weight is 423 g/mol. The predicted octanol–water partition coefficient (Wildman–Crippen LogP) is 4.13. The molecule has 0 bridgehead atoms. The molecule has 0 fully saturated rings. The smallest absolute Gasteiger partial charge is 0.265 e. The second kappa shape index (κ2) is 8.36. The molecule has 0 saturated heterocycles. The lowest BCUT2D eigenvalue weighted by atomic mass is 10.1. The highest BCUT2D eigenvalue weighted by Crippen LogP contribution is 2.36. The molecular weight excluding hydrogens is 400 g/mol. The molecule has 3 N–H and O–H groups in total. The quantitative estimate of drug-likeness (QED) is 0.462. The summed E-state index contributed by atoms with van der Waals surface area (Å²) >= 11 is 0. The van der Waals surface area contributed by atoms with Crippen LogP contribution in [-0.2, 0) is 13.2 Å². The van der Waals surface area contributed by atoms with E-state index in [1.807, 2.05) is 85.1 Å². The van der Waals surface area contributed by atoms with Gasteiger partial charge in [0.2, 0.25) is 5.70 Å². The highest BCUT2D eigenvalue weighted by atomic mass is 16.5. The third-order valence-corrected chi connectivity index (χ3v) is 5.52. The largest absolute Gasteiger partial charge is 0.489 e. The molecule has 0 spiro atoms. The minimum absolute atomic E-state index is 0.0373. The van der Waals surface area contributed by atoms with E-state index in [-0.39, 0.29) is 11.2 Å². The SMILES string of the molecule is N[N+]12C=CN=CC1=C(c1cccc(CO)c1)N=C2c1cccc(OCc2ccccc2)c1. The van der Waals surface area contributed by atoms with Crippen molar-refractivity contribution in [1.29, 1.82) is 0 Å². The molecule has 5 rings (SSSR count). The van der Waals surface area contributed by atoms with E-state index in [4.69, 9.17) is 15.6 Å². The molecule has 0 aliphatic carbocycles. The highest BCUT2D eigenvalue weighted by molar-refractivity contribution is 6.06. The van der Waals surface area contributed by atoms with Gasteiger partial charge in [0.25, 0.3) is 5.84 Å². The van der Waals surface area contributed by atoms with Crippen LogP contribution in [0.3, 0.4) is 0 Å². The van der Waals surface area contributed by atoms with Crippen molar-refractivity contribution in [2.75, 3.05) is 0 Å². The third kappa shape index (κ3) is 3.67. The van der Waals surface area contributed by atoms with Crippen LogP contribution in [-0.4, -0.2) is 21.7 Å². The maximum atomic E-state index is 9.55. The Balaban J connectivity index is 1.51. The molecule has 2 aliphatic rings. The van der Waals surface area contributed by atoms with Gasteiger partial charge in [-0.15, -0.1) is 4.59 Å². The molecule has 0 radical (unpaired) electrons. The van der Waals surface area contributed by atoms with E-state index in [0.717, 1.165) is 39.4 Å². The summed E-state index contributed by atoms with van der Waals surface area (Å²) in [6.45, 7) is 0.444. The summed E-state index contributed by atoms with van der Waals surface area (Å²) in [6, 6.07) is 25.5. The number of aliphatic hydroxyl groups is 1. The molecule has 2 aliphatic heterocycles. The maximum Gasteiger partial charge on any atom is 0.265 e. The van der Waals surface area contributed by atoms with Crippen LogP contribution < -0.4 is 10.6 Å². The van der Waals surface area contributed by atoms with Gasteiger partial charge in [-0.2, -0.15) is 10.8 Å². The Hall–Kier alpha value is -3.84. The van der Waals surface area contributed by atoms with Crippen LogP contribution in [0, 0.1) is 0 Å². The van der Waals surface area contributed by atoms with Crippen molar-refractivity contribution >= 4 is 17.7 Å².